The number of hydrogen-bond donors (Lipinski definition) is 3. The Morgan fingerprint density at radius 3 is 2.83 bits per heavy atom. The van der Waals surface area contributed by atoms with Crippen molar-refractivity contribution in [2.45, 2.75) is 31.9 Å². The Balaban J connectivity index is 2.50. The average Bonchev–Trinajstić information content (AvgIpc) is 2.38. The highest BCUT2D eigenvalue weighted by Gasteiger charge is 2.26. The molecule has 2 amide bonds. The number of ether oxygens (including phenoxy) is 1. The second-order valence-electron chi connectivity index (χ2n) is 4.20. The van der Waals surface area contributed by atoms with Crippen LogP contribution in [0.15, 0.2) is 0 Å². The van der Waals surface area contributed by atoms with E-state index in [1.165, 1.54) is 0 Å². The fourth-order valence-electron chi connectivity index (χ4n) is 1.78. The number of carbonyl (C=O) groups is 2. The zero-order chi connectivity index (χ0) is 13.5. The monoisotopic (exact) mass is 260 g/mol. The van der Waals surface area contributed by atoms with Gasteiger partial charge in [0, 0.05) is 26.1 Å². The molecule has 2 atom stereocenters. The standard InChI is InChI=1S/C11H20N2O5/c1-2-8-7-13(4-6-18-8)11(17)12-9(3-5-14)10(15)16/h8-9,14H,2-7H2,1H3,(H,12,17)(H,15,16)/t8?,9-/m0/s1. The van der Waals surface area contributed by atoms with E-state index in [9.17, 15) is 9.59 Å². The highest BCUT2D eigenvalue weighted by Crippen LogP contribution is 2.08. The number of carboxylic acids is 1. The molecule has 3 N–H and O–H groups in total. The SMILES string of the molecule is CCC1CN(C(=O)N[C@@H](CCO)C(=O)O)CCO1. The van der Waals surface area contributed by atoms with Crippen molar-refractivity contribution in [3.8, 4) is 0 Å². The van der Waals surface area contributed by atoms with Crippen LogP contribution in [0.4, 0.5) is 4.79 Å². The van der Waals surface area contributed by atoms with Gasteiger partial charge >= 0.3 is 12.0 Å². The number of rotatable bonds is 5. The van der Waals surface area contributed by atoms with Crippen LogP contribution in [0.2, 0.25) is 0 Å². The van der Waals surface area contributed by atoms with Crippen LogP contribution in [0.1, 0.15) is 19.8 Å². The van der Waals surface area contributed by atoms with Gasteiger partial charge in [-0.05, 0) is 6.42 Å². The predicted molar refractivity (Wildman–Crippen MR) is 63.3 cm³/mol. The van der Waals surface area contributed by atoms with E-state index in [2.05, 4.69) is 5.32 Å². The smallest absolute Gasteiger partial charge is 0.326 e. The lowest BCUT2D eigenvalue weighted by molar-refractivity contribution is -0.139. The predicted octanol–water partition coefficient (Wildman–Crippen LogP) is -0.358. The van der Waals surface area contributed by atoms with Crippen LogP contribution in [0.5, 0.6) is 0 Å². The van der Waals surface area contributed by atoms with Gasteiger partial charge in [-0.3, -0.25) is 0 Å². The highest BCUT2D eigenvalue weighted by molar-refractivity contribution is 5.82. The number of aliphatic carboxylic acids is 1. The third kappa shape index (κ3) is 4.15. The molecule has 7 heteroatoms. The van der Waals surface area contributed by atoms with Crippen molar-refractivity contribution in [1.82, 2.24) is 10.2 Å². The Hall–Kier alpha value is -1.34. The summed E-state index contributed by atoms with van der Waals surface area (Å²) in [6.07, 6.45) is 0.816. The topological polar surface area (TPSA) is 99.1 Å². The Kier molecular flexibility index (Phi) is 5.87. The molecule has 0 aromatic rings. The fraction of sp³-hybridized carbons (Fsp3) is 0.818. The Morgan fingerprint density at radius 2 is 2.28 bits per heavy atom. The lowest BCUT2D eigenvalue weighted by Gasteiger charge is -2.33. The molecule has 7 nitrogen and oxygen atoms in total. The molecule has 0 bridgehead atoms. The van der Waals surface area contributed by atoms with E-state index in [-0.39, 0.29) is 19.1 Å². The van der Waals surface area contributed by atoms with Crippen molar-refractivity contribution in [2.75, 3.05) is 26.3 Å². The van der Waals surface area contributed by atoms with Crippen molar-refractivity contribution in [2.24, 2.45) is 0 Å². The average molecular weight is 260 g/mol. The zero-order valence-electron chi connectivity index (χ0n) is 10.5. The van der Waals surface area contributed by atoms with Gasteiger partial charge in [-0.1, -0.05) is 6.92 Å². The minimum Gasteiger partial charge on any atom is -0.480 e. The van der Waals surface area contributed by atoms with Crippen molar-refractivity contribution in [1.29, 1.82) is 0 Å². The summed E-state index contributed by atoms with van der Waals surface area (Å²) < 4.78 is 5.43. The van der Waals surface area contributed by atoms with Crippen LogP contribution in [0.25, 0.3) is 0 Å². The summed E-state index contributed by atoms with van der Waals surface area (Å²) in [6.45, 7) is 3.07. The normalized spacial score (nSPS) is 21.4. The molecule has 0 aromatic heterocycles. The molecule has 0 radical (unpaired) electrons. The van der Waals surface area contributed by atoms with Crippen molar-refractivity contribution < 1.29 is 24.5 Å². The van der Waals surface area contributed by atoms with Crippen LogP contribution in [-0.2, 0) is 9.53 Å². The molecule has 0 aliphatic carbocycles. The Morgan fingerprint density at radius 1 is 1.56 bits per heavy atom. The lowest BCUT2D eigenvalue weighted by atomic mass is 10.2. The summed E-state index contributed by atoms with van der Waals surface area (Å²) in [5.41, 5.74) is 0. The maximum absolute atomic E-state index is 11.9. The van der Waals surface area contributed by atoms with Gasteiger partial charge in [0.15, 0.2) is 0 Å². The second-order valence-corrected chi connectivity index (χ2v) is 4.20. The van der Waals surface area contributed by atoms with Crippen molar-refractivity contribution >= 4 is 12.0 Å². The maximum Gasteiger partial charge on any atom is 0.326 e. The molecular weight excluding hydrogens is 240 g/mol. The first kappa shape index (κ1) is 14.7. The number of nitrogens with one attached hydrogen (secondary N) is 1. The lowest BCUT2D eigenvalue weighted by Crippen LogP contribution is -2.53. The number of urea groups is 1. The van der Waals surface area contributed by atoms with Crippen LogP contribution >= 0.6 is 0 Å². The number of carboxylic acid groups (broad SMARTS) is 1. The van der Waals surface area contributed by atoms with Gasteiger partial charge in [-0.25, -0.2) is 9.59 Å². The molecule has 1 fully saturated rings. The van der Waals surface area contributed by atoms with E-state index in [1.54, 1.807) is 4.90 Å². The number of morpholine rings is 1. The van der Waals surface area contributed by atoms with Crippen LogP contribution in [0, 0.1) is 0 Å². The Bertz CT molecular complexity index is 297. The molecule has 1 heterocycles. The first-order chi connectivity index (χ1) is 8.58. The summed E-state index contributed by atoms with van der Waals surface area (Å²) in [5, 5.41) is 20.0. The van der Waals surface area contributed by atoms with Gasteiger partial charge in [-0.15, -0.1) is 0 Å². The summed E-state index contributed by atoms with van der Waals surface area (Å²) in [6, 6.07) is -1.47. The van der Waals surface area contributed by atoms with Gasteiger partial charge < -0.3 is 25.2 Å². The van der Waals surface area contributed by atoms with Crippen LogP contribution < -0.4 is 5.32 Å². The van der Waals surface area contributed by atoms with E-state index in [0.29, 0.717) is 19.7 Å². The molecule has 1 aliphatic heterocycles. The number of hydrogen-bond acceptors (Lipinski definition) is 4. The van der Waals surface area contributed by atoms with Crippen LogP contribution in [0.3, 0.4) is 0 Å². The quantitative estimate of drug-likeness (QED) is 0.627. The molecule has 1 unspecified atom stereocenters. The van der Waals surface area contributed by atoms with Crippen molar-refractivity contribution in [3.63, 3.8) is 0 Å². The molecule has 1 rings (SSSR count). The molecule has 0 spiro atoms. The van der Waals surface area contributed by atoms with E-state index in [1.807, 2.05) is 6.92 Å². The van der Waals surface area contributed by atoms with Gasteiger partial charge in [0.1, 0.15) is 6.04 Å². The van der Waals surface area contributed by atoms with Gasteiger partial charge in [-0.2, -0.15) is 0 Å². The van der Waals surface area contributed by atoms with Crippen LogP contribution in [-0.4, -0.2) is 65.6 Å². The summed E-state index contributed by atoms with van der Waals surface area (Å²) in [4.78, 5) is 24.3. The largest absolute Gasteiger partial charge is 0.480 e. The zero-order valence-corrected chi connectivity index (χ0v) is 10.5. The number of carbonyl (C=O) groups excluding carboxylic acids is 1. The molecular formula is C11H20N2O5. The van der Waals surface area contributed by atoms with Crippen molar-refractivity contribution in [3.05, 3.63) is 0 Å². The van der Waals surface area contributed by atoms with E-state index < -0.39 is 18.0 Å². The van der Waals surface area contributed by atoms with E-state index >= 15 is 0 Å². The van der Waals surface area contributed by atoms with Gasteiger partial charge in [0.25, 0.3) is 0 Å². The summed E-state index contributed by atoms with van der Waals surface area (Å²) in [7, 11) is 0. The van der Waals surface area contributed by atoms with Gasteiger partial charge in [0.2, 0.25) is 0 Å². The third-order valence-corrected chi connectivity index (χ3v) is 2.89. The summed E-state index contributed by atoms with van der Waals surface area (Å²) >= 11 is 0. The molecule has 1 saturated heterocycles. The van der Waals surface area contributed by atoms with E-state index in [0.717, 1.165) is 6.42 Å². The fourth-order valence-corrected chi connectivity index (χ4v) is 1.78. The second kappa shape index (κ2) is 7.17. The number of amides is 2. The minimum atomic E-state index is -1.14. The molecule has 104 valence electrons. The third-order valence-electron chi connectivity index (χ3n) is 2.89. The molecule has 0 aromatic carbocycles. The maximum atomic E-state index is 11.9. The summed E-state index contributed by atoms with van der Waals surface area (Å²) in [5.74, 6) is -1.14. The molecule has 18 heavy (non-hydrogen) atoms. The number of aliphatic hydroxyl groups is 1. The number of aliphatic hydroxyl groups excluding tert-OH is 1. The molecule has 1 aliphatic rings. The first-order valence-corrected chi connectivity index (χ1v) is 6.09. The Labute approximate surface area is 106 Å². The first-order valence-electron chi connectivity index (χ1n) is 6.09. The minimum absolute atomic E-state index is 0.00260. The highest BCUT2D eigenvalue weighted by atomic mass is 16.5. The van der Waals surface area contributed by atoms with E-state index in [4.69, 9.17) is 14.9 Å². The van der Waals surface area contributed by atoms with Gasteiger partial charge in [0.05, 0.1) is 12.7 Å². The molecule has 0 saturated carbocycles. The number of nitrogens with zero attached hydrogens (tertiary/aromatic N) is 1.